The minimum Gasteiger partial charge on any atom is -0.461 e. The maximum absolute atomic E-state index is 7.33. The third-order valence-electron chi connectivity index (χ3n) is 15.7. The molecular weight excluding hydrogens is 801 g/mol. The Hall–Kier alpha value is -7.62. The van der Waals surface area contributed by atoms with Crippen LogP contribution in [0.1, 0.15) is 49.9 Å². The van der Waals surface area contributed by atoms with Crippen LogP contribution < -0.4 is 9.64 Å². The number of allylic oxidation sites excluding steroid dienone is 3. The van der Waals surface area contributed by atoms with Gasteiger partial charge in [-0.25, -0.2) is 0 Å². The highest BCUT2D eigenvalue weighted by Crippen LogP contribution is 2.65. The maximum Gasteiger partial charge on any atom is 0.131 e. The number of anilines is 2. The Bertz CT molecular complexity index is 3510. The van der Waals surface area contributed by atoms with E-state index in [9.17, 15) is 0 Å². The zero-order valence-electron chi connectivity index (χ0n) is 37.7. The number of nitrogens with zero attached hydrogens (tertiary/aromatic N) is 2. The quantitative estimate of drug-likeness (QED) is 0.161. The molecule has 4 aliphatic rings. The van der Waals surface area contributed by atoms with E-state index in [1.807, 2.05) is 0 Å². The van der Waals surface area contributed by atoms with Crippen molar-refractivity contribution in [1.82, 2.24) is 4.57 Å². The molecule has 0 saturated heterocycles. The standard InChI is InChI=1S/C63H50N2O/c1-41-58-57-42(2)60-59(41)63(46-21-10-6-11-22-46,53-28-15-17-30-56(53)66-60)47-23-18-26-50(40-47)65(62(58,4)38-37-61(57,3)45-19-8-5-9-20-45)49-34-31-43(32-35-49)44-33-36-55-52(39-44)51-27-14-16-29-54(51)64(55)48-24-12-7-13-25-48/h5-42H,1-4H3. The number of rotatable bonds is 5. The van der Waals surface area contributed by atoms with E-state index in [4.69, 9.17) is 4.74 Å². The third-order valence-corrected chi connectivity index (χ3v) is 15.7. The normalized spacial score (nSPS) is 23.8. The number of benzene rings is 8. The molecule has 2 aliphatic heterocycles. The number of fused-ring (bicyclic) bond motifs is 8. The van der Waals surface area contributed by atoms with Gasteiger partial charge in [0.25, 0.3) is 0 Å². The Kier molecular flexibility index (Phi) is 8.34. The molecule has 5 unspecified atom stereocenters. The molecule has 0 saturated carbocycles. The lowest BCUT2D eigenvalue weighted by Crippen LogP contribution is -2.53. The fraction of sp³-hybridized carbons (Fsp3) is 0.143. The first-order chi connectivity index (χ1) is 32.3. The van der Waals surface area contributed by atoms with Gasteiger partial charge in [-0.3, -0.25) is 0 Å². The SMILES string of the molecule is CC1C2=C3C(C)C4=C1C(C)(c1ccccc1)C=CC4(C)N(c1ccc(-c4ccc5c(c4)c4ccccc4n5-c4ccccc4)cc1)c1cccc(c1)C3(c1ccccc1)c1ccccc1O2. The van der Waals surface area contributed by atoms with E-state index in [0.29, 0.717) is 0 Å². The average Bonchev–Trinajstić information content (AvgIpc) is 3.71. The fourth-order valence-corrected chi connectivity index (χ4v) is 13.0. The maximum atomic E-state index is 7.33. The lowest BCUT2D eigenvalue weighted by molar-refractivity contribution is 0.295. The number of para-hydroxylation sites is 3. The van der Waals surface area contributed by atoms with Crippen LogP contribution in [0.15, 0.2) is 241 Å². The van der Waals surface area contributed by atoms with Gasteiger partial charge in [0, 0.05) is 50.6 Å². The van der Waals surface area contributed by atoms with Crippen molar-refractivity contribution >= 4 is 33.2 Å². The minimum absolute atomic E-state index is 0.0125. The van der Waals surface area contributed by atoms with Crippen molar-refractivity contribution in [2.24, 2.45) is 11.8 Å². The van der Waals surface area contributed by atoms with Crippen molar-refractivity contribution in [1.29, 1.82) is 0 Å². The third kappa shape index (κ3) is 5.20. The summed E-state index contributed by atoms with van der Waals surface area (Å²) in [6, 6.07) is 76.3. The summed E-state index contributed by atoms with van der Waals surface area (Å²) >= 11 is 0. The molecule has 3 heteroatoms. The Morgan fingerprint density at radius 3 is 1.83 bits per heavy atom. The predicted octanol–water partition coefficient (Wildman–Crippen LogP) is 15.5. The zero-order valence-corrected chi connectivity index (χ0v) is 37.7. The molecule has 5 atom stereocenters. The van der Waals surface area contributed by atoms with Crippen molar-refractivity contribution in [3.05, 3.63) is 263 Å². The predicted molar refractivity (Wildman–Crippen MR) is 272 cm³/mol. The largest absolute Gasteiger partial charge is 0.461 e. The Labute approximate surface area is 387 Å². The Balaban J connectivity index is 1.04. The van der Waals surface area contributed by atoms with Crippen molar-refractivity contribution in [2.75, 3.05) is 4.90 Å². The van der Waals surface area contributed by atoms with Crippen molar-refractivity contribution in [3.8, 4) is 22.6 Å². The summed E-state index contributed by atoms with van der Waals surface area (Å²) in [6.07, 6.45) is 5.03. The van der Waals surface area contributed by atoms with Crippen LogP contribution in [0.2, 0.25) is 0 Å². The molecule has 3 heterocycles. The number of hydrogen-bond donors (Lipinski definition) is 0. The van der Waals surface area contributed by atoms with Gasteiger partial charge >= 0.3 is 0 Å². The molecule has 0 N–H and O–H groups in total. The first kappa shape index (κ1) is 38.8. The molecule has 13 rings (SSSR count). The molecule has 66 heavy (non-hydrogen) atoms. The molecule has 0 amide bonds. The van der Waals surface area contributed by atoms with Gasteiger partial charge in [-0.2, -0.15) is 0 Å². The highest BCUT2D eigenvalue weighted by molar-refractivity contribution is 6.10. The van der Waals surface area contributed by atoms with Crippen LogP contribution in [0, 0.1) is 11.8 Å². The first-order valence-corrected chi connectivity index (χ1v) is 23.5. The van der Waals surface area contributed by atoms with Crippen LogP contribution in [-0.4, -0.2) is 10.1 Å². The van der Waals surface area contributed by atoms with E-state index in [0.717, 1.165) is 22.9 Å². The molecule has 2 aliphatic carbocycles. The summed E-state index contributed by atoms with van der Waals surface area (Å²) in [7, 11) is 0. The molecule has 9 aromatic rings. The van der Waals surface area contributed by atoms with Gasteiger partial charge in [0.1, 0.15) is 11.5 Å². The minimum atomic E-state index is -0.596. The summed E-state index contributed by atoms with van der Waals surface area (Å²) in [5.74, 6) is 2.01. The van der Waals surface area contributed by atoms with Crippen LogP contribution in [0.5, 0.6) is 5.75 Å². The van der Waals surface area contributed by atoms with E-state index in [-0.39, 0.29) is 17.3 Å². The van der Waals surface area contributed by atoms with E-state index in [2.05, 4.69) is 256 Å². The lowest BCUT2D eigenvalue weighted by Gasteiger charge is -2.56. The first-order valence-electron chi connectivity index (χ1n) is 23.5. The summed E-state index contributed by atoms with van der Waals surface area (Å²) in [5.41, 5.74) is 16.0. The van der Waals surface area contributed by atoms with Gasteiger partial charge in [0.05, 0.1) is 22.0 Å². The molecule has 318 valence electrons. The Morgan fingerprint density at radius 2 is 1.06 bits per heavy atom. The van der Waals surface area contributed by atoms with Crippen LogP contribution >= 0.6 is 0 Å². The van der Waals surface area contributed by atoms with Crippen LogP contribution in [0.25, 0.3) is 38.6 Å². The average molecular weight is 851 g/mol. The van der Waals surface area contributed by atoms with Crippen LogP contribution in [0.4, 0.5) is 11.4 Å². The van der Waals surface area contributed by atoms with Gasteiger partial charge in [0.15, 0.2) is 0 Å². The van der Waals surface area contributed by atoms with Gasteiger partial charge in [-0.05, 0) is 119 Å². The second-order valence-electron chi connectivity index (χ2n) is 19.2. The van der Waals surface area contributed by atoms with E-state index >= 15 is 0 Å². The van der Waals surface area contributed by atoms with Gasteiger partial charge in [-0.15, -0.1) is 0 Å². The molecule has 4 bridgehead atoms. The number of ether oxygens (including phenoxy) is 1. The van der Waals surface area contributed by atoms with Crippen molar-refractivity contribution < 1.29 is 4.74 Å². The zero-order chi connectivity index (χ0) is 44.4. The smallest absolute Gasteiger partial charge is 0.131 e. The number of aromatic nitrogens is 1. The van der Waals surface area contributed by atoms with Crippen LogP contribution in [-0.2, 0) is 10.8 Å². The topological polar surface area (TPSA) is 17.4 Å². The highest BCUT2D eigenvalue weighted by Gasteiger charge is 2.58. The summed E-state index contributed by atoms with van der Waals surface area (Å²) in [4.78, 5) is 2.63. The summed E-state index contributed by atoms with van der Waals surface area (Å²) in [5, 5.41) is 2.51. The van der Waals surface area contributed by atoms with Crippen molar-refractivity contribution in [2.45, 2.75) is 44.1 Å². The van der Waals surface area contributed by atoms with E-state index in [1.165, 1.54) is 77.6 Å². The van der Waals surface area contributed by atoms with E-state index < -0.39 is 11.0 Å². The Morgan fingerprint density at radius 1 is 0.439 bits per heavy atom. The fourth-order valence-electron chi connectivity index (χ4n) is 13.0. The van der Waals surface area contributed by atoms with Gasteiger partial charge in [-0.1, -0.05) is 172 Å². The molecule has 0 spiro atoms. The van der Waals surface area contributed by atoms with E-state index in [1.54, 1.807) is 0 Å². The molecule has 3 nitrogen and oxygen atoms in total. The van der Waals surface area contributed by atoms with Gasteiger partial charge in [0.2, 0.25) is 0 Å². The molecule has 8 aromatic carbocycles. The second-order valence-corrected chi connectivity index (χ2v) is 19.2. The number of hydrogen-bond acceptors (Lipinski definition) is 2. The van der Waals surface area contributed by atoms with Crippen LogP contribution in [0.3, 0.4) is 0 Å². The molecule has 0 fully saturated rings. The molecule has 1 aromatic heterocycles. The molecule has 0 radical (unpaired) electrons. The monoisotopic (exact) mass is 850 g/mol. The summed E-state index contributed by atoms with van der Waals surface area (Å²) in [6.45, 7) is 9.76. The lowest BCUT2D eigenvalue weighted by atomic mass is 9.52. The second kappa shape index (κ2) is 14.2. The van der Waals surface area contributed by atoms with Crippen molar-refractivity contribution in [3.63, 3.8) is 0 Å². The van der Waals surface area contributed by atoms with Gasteiger partial charge < -0.3 is 14.2 Å². The molecular formula is C63H50N2O. The highest BCUT2D eigenvalue weighted by atomic mass is 16.5. The summed E-state index contributed by atoms with van der Waals surface area (Å²) < 4.78 is 9.71.